The van der Waals surface area contributed by atoms with Crippen LogP contribution in [0, 0.1) is 34.8 Å². The van der Waals surface area contributed by atoms with Crippen LogP contribution in [0.3, 0.4) is 0 Å². The molecule has 23 heavy (non-hydrogen) atoms. The predicted octanol–water partition coefficient (Wildman–Crippen LogP) is 2.96. The monoisotopic (exact) mass is 324 g/mol. The highest BCUT2D eigenvalue weighted by molar-refractivity contribution is 5.94. The average molecular weight is 324 g/mol. The lowest BCUT2D eigenvalue weighted by Gasteiger charge is -2.24. The van der Waals surface area contributed by atoms with Gasteiger partial charge in [0.2, 0.25) is 5.75 Å². The van der Waals surface area contributed by atoms with Crippen molar-refractivity contribution in [3.63, 3.8) is 0 Å². The first kappa shape index (κ1) is 17.2. The van der Waals surface area contributed by atoms with E-state index in [9.17, 15) is 13.6 Å². The fourth-order valence-corrected chi connectivity index (χ4v) is 2.69. The Morgan fingerprint density at radius 3 is 2.43 bits per heavy atom. The van der Waals surface area contributed by atoms with Gasteiger partial charge >= 0.3 is 0 Å². The van der Waals surface area contributed by atoms with Gasteiger partial charge in [0, 0.05) is 18.0 Å². The molecule has 1 aliphatic carbocycles. The van der Waals surface area contributed by atoms with E-state index in [1.165, 1.54) is 0 Å². The zero-order chi connectivity index (χ0) is 16.8. The number of carbonyl (C=O) groups is 1. The van der Waals surface area contributed by atoms with E-state index < -0.39 is 23.3 Å². The first-order valence-electron chi connectivity index (χ1n) is 7.42. The molecule has 7 heteroatoms. The van der Waals surface area contributed by atoms with Crippen molar-refractivity contribution in [1.29, 1.82) is 5.26 Å². The Balaban J connectivity index is 1.92. The summed E-state index contributed by atoms with van der Waals surface area (Å²) < 4.78 is 27.4. The first-order valence-corrected chi connectivity index (χ1v) is 7.42. The Bertz CT molecular complexity index is 585. The summed E-state index contributed by atoms with van der Waals surface area (Å²) in [6.45, 7) is 0.427. The zero-order valence-electron chi connectivity index (χ0n) is 12.8. The molecule has 1 aliphatic rings. The van der Waals surface area contributed by atoms with Gasteiger partial charge in [-0.15, -0.1) is 0 Å². The number of benzene rings is 1. The highest BCUT2D eigenvalue weighted by atomic mass is 19.1. The third-order valence-electron chi connectivity index (χ3n) is 4.01. The van der Waals surface area contributed by atoms with E-state index in [-0.39, 0.29) is 17.4 Å². The summed E-state index contributed by atoms with van der Waals surface area (Å²) in [5.74, 6) is -2.86. The minimum absolute atomic E-state index is 0.0958. The molecule has 124 valence electrons. The Labute approximate surface area is 133 Å². The summed E-state index contributed by atoms with van der Waals surface area (Å²) in [7, 11) is 1.13. The summed E-state index contributed by atoms with van der Waals surface area (Å²) in [4.78, 5) is 20.6. The van der Waals surface area contributed by atoms with Gasteiger partial charge < -0.3 is 10.2 Å². The van der Waals surface area contributed by atoms with Gasteiger partial charge in [0.05, 0.1) is 13.2 Å². The number of nitrogens with one attached hydrogen (secondary N) is 1. The number of nitriles is 1. The summed E-state index contributed by atoms with van der Waals surface area (Å²) >= 11 is 0. The standard InChI is InChI=1S/C16H18F2N2O3/c1-22-23-15-13(17)6-12(7-14(15)18)16(21)20-9-11-4-2-10(8-19)3-5-11/h6-7,10-11H,2-5,9H2,1H3,(H,20,21). The molecule has 0 heterocycles. The number of nitrogens with zero attached hydrogens (tertiary/aromatic N) is 1. The van der Waals surface area contributed by atoms with Crippen LogP contribution in [0.1, 0.15) is 36.0 Å². The van der Waals surface area contributed by atoms with E-state index >= 15 is 0 Å². The van der Waals surface area contributed by atoms with Gasteiger partial charge in [-0.25, -0.2) is 8.78 Å². The fourth-order valence-electron chi connectivity index (χ4n) is 2.69. The Hall–Kier alpha value is -2.20. The van der Waals surface area contributed by atoms with Crippen LogP contribution in [-0.2, 0) is 4.89 Å². The lowest BCUT2D eigenvalue weighted by Crippen LogP contribution is -2.31. The van der Waals surface area contributed by atoms with Gasteiger partial charge in [-0.2, -0.15) is 10.1 Å². The van der Waals surface area contributed by atoms with Crippen molar-refractivity contribution in [3.05, 3.63) is 29.3 Å². The van der Waals surface area contributed by atoms with Crippen LogP contribution in [0.4, 0.5) is 8.78 Å². The van der Waals surface area contributed by atoms with E-state index in [0.717, 1.165) is 44.9 Å². The van der Waals surface area contributed by atoms with Gasteiger partial charge in [-0.3, -0.25) is 4.79 Å². The number of halogens is 2. The molecule has 5 nitrogen and oxygen atoms in total. The van der Waals surface area contributed by atoms with Crippen molar-refractivity contribution in [2.75, 3.05) is 13.7 Å². The van der Waals surface area contributed by atoms with Gasteiger partial charge in [-0.1, -0.05) is 0 Å². The lowest BCUT2D eigenvalue weighted by atomic mass is 9.83. The maximum Gasteiger partial charge on any atom is 0.251 e. The third kappa shape index (κ3) is 4.39. The second kappa shape index (κ2) is 7.88. The molecular weight excluding hydrogens is 306 g/mol. The van der Waals surface area contributed by atoms with Crippen molar-refractivity contribution in [3.8, 4) is 11.8 Å². The molecule has 0 bridgehead atoms. The van der Waals surface area contributed by atoms with E-state index in [4.69, 9.17) is 5.26 Å². The summed E-state index contributed by atoms with van der Waals surface area (Å²) in [6, 6.07) is 4.05. The van der Waals surface area contributed by atoms with Crippen molar-refractivity contribution >= 4 is 5.91 Å². The lowest BCUT2D eigenvalue weighted by molar-refractivity contribution is -0.182. The van der Waals surface area contributed by atoms with Crippen LogP contribution in [0.5, 0.6) is 5.75 Å². The molecule has 0 unspecified atom stereocenters. The molecule has 0 aromatic heterocycles. The van der Waals surface area contributed by atoms with E-state index in [2.05, 4.69) is 21.2 Å². The third-order valence-corrected chi connectivity index (χ3v) is 4.01. The number of amides is 1. The molecule has 1 amide bonds. The topological polar surface area (TPSA) is 71.3 Å². The average Bonchev–Trinajstić information content (AvgIpc) is 2.56. The van der Waals surface area contributed by atoms with E-state index in [0.29, 0.717) is 6.54 Å². The second-order valence-electron chi connectivity index (χ2n) is 5.58. The molecule has 1 aromatic rings. The number of carbonyl (C=O) groups excluding carboxylic acids is 1. The molecular formula is C16H18F2N2O3. The predicted molar refractivity (Wildman–Crippen MR) is 77.4 cm³/mol. The first-order chi connectivity index (χ1) is 11.0. The van der Waals surface area contributed by atoms with Crippen LogP contribution in [-0.4, -0.2) is 19.6 Å². The molecule has 1 fully saturated rings. The largest absolute Gasteiger partial charge is 0.352 e. The minimum atomic E-state index is -1.01. The summed E-state index contributed by atoms with van der Waals surface area (Å²) in [6.07, 6.45) is 3.37. The van der Waals surface area contributed by atoms with Gasteiger partial charge in [-0.05, 0) is 43.7 Å². The molecule has 1 aromatic carbocycles. The van der Waals surface area contributed by atoms with Crippen molar-refractivity contribution in [1.82, 2.24) is 5.32 Å². The Morgan fingerprint density at radius 2 is 1.91 bits per heavy atom. The van der Waals surface area contributed by atoms with Gasteiger partial charge in [0.25, 0.3) is 5.91 Å². The molecule has 0 aliphatic heterocycles. The number of hydrogen-bond donors (Lipinski definition) is 1. The van der Waals surface area contributed by atoms with Gasteiger partial charge in [0.1, 0.15) is 0 Å². The molecule has 1 N–H and O–H groups in total. The van der Waals surface area contributed by atoms with Gasteiger partial charge in [0.15, 0.2) is 11.6 Å². The van der Waals surface area contributed by atoms with Crippen LogP contribution in [0.15, 0.2) is 12.1 Å². The number of hydrogen-bond acceptors (Lipinski definition) is 4. The Morgan fingerprint density at radius 1 is 1.30 bits per heavy atom. The maximum absolute atomic E-state index is 13.7. The van der Waals surface area contributed by atoms with Crippen molar-refractivity contribution in [2.24, 2.45) is 11.8 Å². The molecule has 0 saturated heterocycles. The molecule has 0 spiro atoms. The summed E-state index contributed by atoms with van der Waals surface area (Å²) in [5, 5.41) is 11.5. The van der Waals surface area contributed by atoms with E-state index in [1.54, 1.807) is 0 Å². The molecule has 0 radical (unpaired) electrons. The zero-order valence-corrected chi connectivity index (χ0v) is 12.8. The summed E-state index contributed by atoms with van der Waals surface area (Å²) in [5.41, 5.74) is -0.117. The van der Waals surface area contributed by atoms with Crippen LogP contribution >= 0.6 is 0 Å². The smallest absolute Gasteiger partial charge is 0.251 e. The van der Waals surface area contributed by atoms with Crippen molar-refractivity contribution in [2.45, 2.75) is 25.7 Å². The number of rotatable bonds is 5. The molecule has 2 rings (SSSR count). The highest BCUT2D eigenvalue weighted by Crippen LogP contribution is 2.28. The van der Waals surface area contributed by atoms with E-state index in [1.807, 2.05) is 0 Å². The van der Waals surface area contributed by atoms with Crippen LogP contribution in [0.25, 0.3) is 0 Å². The second-order valence-corrected chi connectivity index (χ2v) is 5.58. The maximum atomic E-state index is 13.7. The minimum Gasteiger partial charge on any atom is -0.352 e. The normalized spacial score (nSPS) is 20.6. The Kier molecular flexibility index (Phi) is 5.88. The highest BCUT2D eigenvalue weighted by Gasteiger charge is 2.22. The van der Waals surface area contributed by atoms with Crippen molar-refractivity contribution < 1.29 is 23.4 Å². The fraction of sp³-hybridized carbons (Fsp3) is 0.500. The molecule has 1 saturated carbocycles. The van der Waals surface area contributed by atoms with Crippen LogP contribution < -0.4 is 10.2 Å². The molecule has 0 atom stereocenters. The van der Waals surface area contributed by atoms with Crippen LogP contribution in [0.2, 0.25) is 0 Å². The quantitative estimate of drug-likeness (QED) is 0.668. The SMILES string of the molecule is COOc1c(F)cc(C(=O)NCC2CCC(C#N)CC2)cc1F.